The molecular weight excluding hydrogens is 568 g/mol. The lowest BCUT2D eigenvalue weighted by molar-refractivity contribution is -0.253. The van der Waals surface area contributed by atoms with Gasteiger partial charge in [0.05, 0.1) is 18.8 Å². The van der Waals surface area contributed by atoms with E-state index in [4.69, 9.17) is 14.6 Å². The van der Waals surface area contributed by atoms with Gasteiger partial charge in [0.15, 0.2) is 6.29 Å². The zero-order chi connectivity index (χ0) is 31.8. The first-order valence-electron chi connectivity index (χ1n) is 15.6. The molecule has 1 amide bonds. The Hall–Kier alpha value is -4.08. The largest absolute Gasteiger partial charge is 0.481 e. The molecular formula is C37H42N2O6. The van der Waals surface area contributed by atoms with Crippen molar-refractivity contribution >= 4 is 28.3 Å². The molecule has 0 spiro atoms. The number of benzene rings is 4. The summed E-state index contributed by atoms with van der Waals surface area (Å²) in [4.78, 5) is 25.3. The number of aliphatic carboxylic acids is 1. The first-order valence-corrected chi connectivity index (χ1v) is 15.6. The molecule has 1 fully saturated rings. The molecule has 236 valence electrons. The van der Waals surface area contributed by atoms with Crippen LogP contribution in [0, 0.1) is 0 Å². The topological polar surface area (TPSA) is 108 Å². The van der Waals surface area contributed by atoms with Crippen LogP contribution in [0.15, 0.2) is 91.0 Å². The minimum atomic E-state index is -0.851. The highest BCUT2D eigenvalue weighted by Crippen LogP contribution is 2.39. The van der Waals surface area contributed by atoms with E-state index >= 15 is 0 Å². The summed E-state index contributed by atoms with van der Waals surface area (Å²) in [6.07, 6.45) is 1.11. The second kappa shape index (κ2) is 15.3. The van der Waals surface area contributed by atoms with Gasteiger partial charge in [0.25, 0.3) is 0 Å². The number of amides is 1. The molecule has 1 aliphatic heterocycles. The number of carboxylic acids is 1. The van der Waals surface area contributed by atoms with Crippen molar-refractivity contribution < 1.29 is 29.3 Å². The van der Waals surface area contributed by atoms with Gasteiger partial charge in [-0.1, -0.05) is 72.8 Å². The number of nitrogens with zero attached hydrogens (tertiary/aromatic N) is 1. The first-order chi connectivity index (χ1) is 21.8. The van der Waals surface area contributed by atoms with Gasteiger partial charge >= 0.3 is 5.97 Å². The van der Waals surface area contributed by atoms with Gasteiger partial charge in [0.2, 0.25) is 5.91 Å². The van der Waals surface area contributed by atoms with E-state index in [0.29, 0.717) is 31.5 Å². The van der Waals surface area contributed by atoms with Crippen molar-refractivity contribution in [2.24, 2.45) is 0 Å². The Morgan fingerprint density at radius 3 is 2.29 bits per heavy atom. The molecule has 8 nitrogen and oxygen atoms in total. The third-order valence-electron chi connectivity index (χ3n) is 8.53. The average Bonchev–Trinajstić information content (AvgIpc) is 3.06. The first kappa shape index (κ1) is 32.3. The fourth-order valence-electron chi connectivity index (χ4n) is 5.74. The van der Waals surface area contributed by atoms with Crippen LogP contribution in [0.5, 0.6) is 0 Å². The minimum absolute atomic E-state index is 0.0111. The number of rotatable bonds is 13. The van der Waals surface area contributed by atoms with E-state index < -0.39 is 12.3 Å². The summed E-state index contributed by atoms with van der Waals surface area (Å²) >= 11 is 0. The number of carbonyl (C=O) groups excluding carboxylic acids is 1. The molecule has 0 aromatic heterocycles. The molecule has 4 aromatic carbocycles. The summed E-state index contributed by atoms with van der Waals surface area (Å²) in [5.74, 6) is -0.996. The van der Waals surface area contributed by atoms with Crippen LogP contribution < -0.4 is 5.32 Å². The van der Waals surface area contributed by atoms with Crippen molar-refractivity contribution in [3.8, 4) is 0 Å². The number of anilines is 1. The van der Waals surface area contributed by atoms with Crippen molar-refractivity contribution in [3.05, 3.63) is 113 Å². The Morgan fingerprint density at radius 2 is 1.58 bits per heavy atom. The highest BCUT2D eigenvalue weighted by atomic mass is 16.7. The number of carbonyl (C=O) groups is 2. The van der Waals surface area contributed by atoms with Crippen LogP contribution in [0.3, 0.4) is 0 Å². The van der Waals surface area contributed by atoms with E-state index in [1.807, 2.05) is 48.5 Å². The van der Waals surface area contributed by atoms with E-state index in [0.717, 1.165) is 16.7 Å². The van der Waals surface area contributed by atoms with Gasteiger partial charge in [0.1, 0.15) is 0 Å². The maximum absolute atomic E-state index is 12.3. The molecule has 0 saturated carbocycles. The van der Waals surface area contributed by atoms with Crippen molar-refractivity contribution in [1.82, 2.24) is 4.90 Å². The third kappa shape index (κ3) is 8.77. The van der Waals surface area contributed by atoms with Crippen molar-refractivity contribution in [2.75, 3.05) is 18.9 Å². The molecule has 4 aromatic rings. The minimum Gasteiger partial charge on any atom is -0.481 e. The number of likely N-dealkylation sites (N-methyl/N-ethyl adjacent to an activating group) is 1. The van der Waals surface area contributed by atoms with Crippen molar-refractivity contribution in [1.29, 1.82) is 0 Å². The molecule has 0 aliphatic carbocycles. The molecule has 1 aliphatic rings. The second-order valence-corrected chi connectivity index (χ2v) is 11.8. The number of unbranched alkanes of at least 4 members (excludes halogenated alkanes) is 1. The lowest BCUT2D eigenvalue weighted by Crippen LogP contribution is -2.38. The number of aliphatic hydroxyl groups excluding tert-OH is 1. The highest BCUT2D eigenvalue weighted by molar-refractivity contribution is 5.90. The normalized spacial score (nSPS) is 19.0. The van der Waals surface area contributed by atoms with Crippen LogP contribution in [0.4, 0.5) is 5.69 Å². The maximum atomic E-state index is 12.3. The Kier molecular flexibility index (Phi) is 11.0. The van der Waals surface area contributed by atoms with Crippen LogP contribution in [-0.4, -0.2) is 46.7 Å². The van der Waals surface area contributed by atoms with Gasteiger partial charge in [0, 0.05) is 43.1 Å². The Balaban J connectivity index is 1.28. The number of hydrogen-bond donors (Lipinski definition) is 3. The van der Waals surface area contributed by atoms with E-state index in [1.54, 1.807) is 0 Å². The summed E-state index contributed by atoms with van der Waals surface area (Å²) in [6, 6.07) is 30.5. The second-order valence-electron chi connectivity index (χ2n) is 11.8. The van der Waals surface area contributed by atoms with E-state index in [-0.39, 0.29) is 43.6 Å². The molecule has 0 bridgehead atoms. The summed E-state index contributed by atoms with van der Waals surface area (Å²) < 4.78 is 13.1. The van der Waals surface area contributed by atoms with Crippen LogP contribution in [0.25, 0.3) is 10.8 Å². The van der Waals surface area contributed by atoms with Gasteiger partial charge in [-0.25, -0.2) is 0 Å². The standard InChI is InChI=1S/C37H42N2O6/c1-25(30-16-15-27-7-3-4-8-31(27)21-30)39(2)23-33-22-34(28-13-11-26(24-40)12-14-28)45-37(44-33)29-17-19-32(20-18-29)38-35(41)9-5-6-10-36(42)43/h3-4,7-8,11-21,25,33-34,37,40H,5-6,9-10,22-24H2,1-2H3,(H,38,41)(H,42,43)/t25-,33-,34+,37+/m1/s1. The van der Waals surface area contributed by atoms with Gasteiger partial charge in [-0.3, -0.25) is 14.5 Å². The fourth-order valence-corrected chi connectivity index (χ4v) is 5.74. The molecule has 1 saturated heterocycles. The molecule has 4 atom stereocenters. The molecule has 0 unspecified atom stereocenters. The van der Waals surface area contributed by atoms with Crippen LogP contribution >= 0.6 is 0 Å². The fraction of sp³-hybridized carbons (Fsp3) is 0.351. The van der Waals surface area contributed by atoms with E-state index in [2.05, 4.69) is 66.7 Å². The van der Waals surface area contributed by atoms with Gasteiger partial charge < -0.3 is 25.0 Å². The van der Waals surface area contributed by atoms with Crippen LogP contribution in [-0.2, 0) is 25.7 Å². The van der Waals surface area contributed by atoms with Gasteiger partial charge in [-0.05, 0) is 72.5 Å². The van der Waals surface area contributed by atoms with Crippen LogP contribution in [0.2, 0.25) is 0 Å². The monoisotopic (exact) mass is 610 g/mol. The number of carboxylic acid groups (broad SMARTS) is 1. The Morgan fingerprint density at radius 1 is 0.889 bits per heavy atom. The zero-order valence-corrected chi connectivity index (χ0v) is 25.9. The quantitative estimate of drug-likeness (QED) is 0.138. The maximum Gasteiger partial charge on any atom is 0.303 e. The number of nitrogens with one attached hydrogen (secondary N) is 1. The summed E-state index contributed by atoms with van der Waals surface area (Å²) in [5.41, 5.74) is 4.64. The lowest BCUT2D eigenvalue weighted by atomic mass is 9.98. The lowest BCUT2D eigenvalue weighted by Gasteiger charge is -2.39. The summed E-state index contributed by atoms with van der Waals surface area (Å²) in [6.45, 7) is 2.91. The predicted octanol–water partition coefficient (Wildman–Crippen LogP) is 7.15. The molecule has 0 radical (unpaired) electrons. The van der Waals surface area contributed by atoms with E-state index in [9.17, 15) is 14.7 Å². The number of fused-ring (bicyclic) bond motifs is 1. The highest BCUT2D eigenvalue weighted by Gasteiger charge is 2.33. The third-order valence-corrected chi connectivity index (χ3v) is 8.53. The summed E-state index contributed by atoms with van der Waals surface area (Å²) in [7, 11) is 2.12. The summed E-state index contributed by atoms with van der Waals surface area (Å²) in [5, 5.41) is 23.6. The predicted molar refractivity (Wildman–Crippen MR) is 175 cm³/mol. The molecule has 1 heterocycles. The van der Waals surface area contributed by atoms with Crippen molar-refractivity contribution in [3.63, 3.8) is 0 Å². The van der Waals surface area contributed by atoms with Gasteiger partial charge in [-0.2, -0.15) is 0 Å². The van der Waals surface area contributed by atoms with Crippen LogP contribution in [0.1, 0.15) is 79.7 Å². The van der Waals surface area contributed by atoms with Crippen molar-refractivity contribution in [2.45, 2.75) is 70.2 Å². The van der Waals surface area contributed by atoms with Gasteiger partial charge in [-0.15, -0.1) is 0 Å². The average molecular weight is 611 g/mol. The Labute approximate surface area is 264 Å². The Bertz CT molecular complexity index is 1570. The molecule has 5 rings (SSSR count). The van der Waals surface area contributed by atoms with E-state index in [1.165, 1.54) is 16.3 Å². The smallest absolute Gasteiger partial charge is 0.303 e. The number of hydrogen-bond acceptors (Lipinski definition) is 6. The molecule has 3 N–H and O–H groups in total. The number of aliphatic hydroxyl groups is 1. The number of ether oxygens (including phenoxy) is 2. The zero-order valence-electron chi connectivity index (χ0n) is 25.9. The molecule has 8 heteroatoms. The SMILES string of the molecule is C[C@H](c1ccc2ccccc2c1)N(C)C[C@H]1C[C@@H](c2ccc(CO)cc2)O[C@@H](c2ccc(NC(=O)CCCCC(=O)O)cc2)O1. The molecule has 45 heavy (non-hydrogen) atoms.